The number of ether oxygens (including phenoxy) is 1. The van der Waals surface area contributed by atoms with Gasteiger partial charge in [0.15, 0.2) is 0 Å². The van der Waals surface area contributed by atoms with Crippen molar-refractivity contribution in [2.75, 3.05) is 6.61 Å². The first kappa shape index (κ1) is 17.6. The molecular formula is C20H21N5O. The summed E-state index contributed by atoms with van der Waals surface area (Å²) in [6.45, 7) is 8.44. The second-order valence-corrected chi connectivity index (χ2v) is 6.90. The number of aromatic nitrogens is 2. The summed E-state index contributed by atoms with van der Waals surface area (Å²) in [4.78, 5) is 0. The summed E-state index contributed by atoms with van der Waals surface area (Å²) in [6.07, 6.45) is 0. The average molecular weight is 347 g/mol. The van der Waals surface area contributed by atoms with Gasteiger partial charge >= 0.3 is 0 Å². The molecular weight excluding hydrogens is 326 g/mol. The molecule has 0 bridgehead atoms. The van der Waals surface area contributed by atoms with E-state index in [-0.39, 0.29) is 5.92 Å². The van der Waals surface area contributed by atoms with Crippen LogP contribution in [0, 0.1) is 28.6 Å². The predicted octanol–water partition coefficient (Wildman–Crippen LogP) is 3.88. The van der Waals surface area contributed by atoms with E-state index in [1.165, 1.54) is 0 Å². The highest BCUT2D eigenvalue weighted by atomic mass is 16.5. The van der Waals surface area contributed by atoms with E-state index >= 15 is 0 Å². The van der Waals surface area contributed by atoms with Crippen LogP contribution in [-0.4, -0.2) is 16.8 Å². The van der Waals surface area contributed by atoms with Gasteiger partial charge in [-0.25, -0.2) is 0 Å². The minimum atomic E-state index is -0.386. The monoisotopic (exact) mass is 347 g/mol. The maximum absolute atomic E-state index is 9.64. The van der Waals surface area contributed by atoms with Crippen molar-refractivity contribution in [1.29, 1.82) is 10.5 Å². The lowest BCUT2D eigenvalue weighted by Gasteiger charge is -2.26. The zero-order valence-electron chi connectivity index (χ0n) is 15.3. The number of H-pyrrole nitrogens is 1. The summed E-state index contributed by atoms with van der Waals surface area (Å²) in [7, 11) is 0. The van der Waals surface area contributed by atoms with E-state index in [4.69, 9.17) is 4.74 Å². The van der Waals surface area contributed by atoms with Crippen LogP contribution in [0.4, 0.5) is 0 Å². The van der Waals surface area contributed by atoms with Crippen LogP contribution in [0.3, 0.4) is 0 Å². The van der Waals surface area contributed by atoms with Gasteiger partial charge in [0.25, 0.3) is 0 Å². The molecule has 0 aliphatic carbocycles. The fourth-order valence-corrected chi connectivity index (χ4v) is 3.17. The number of nitriles is 2. The third-order valence-corrected chi connectivity index (χ3v) is 4.44. The number of rotatable bonds is 4. The molecule has 132 valence electrons. The third-order valence-electron chi connectivity index (χ3n) is 4.44. The molecule has 26 heavy (non-hydrogen) atoms. The lowest BCUT2D eigenvalue weighted by Crippen LogP contribution is -2.23. The second-order valence-electron chi connectivity index (χ2n) is 6.90. The summed E-state index contributed by atoms with van der Waals surface area (Å²) >= 11 is 0. The molecule has 1 aliphatic rings. The number of fused-ring (bicyclic) bond motifs is 1. The molecule has 3 rings (SSSR count). The van der Waals surface area contributed by atoms with E-state index in [0.29, 0.717) is 29.6 Å². The lowest BCUT2D eigenvalue weighted by atomic mass is 9.81. The molecule has 6 nitrogen and oxygen atoms in total. The fraction of sp³-hybridized carbons (Fsp3) is 0.350. The van der Waals surface area contributed by atoms with E-state index in [9.17, 15) is 10.5 Å². The number of aromatic amines is 1. The minimum Gasteiger partial charge on any atom is -0.476 e. The van der Waals surface area contributed by atoms with Crippen molar-refractivity contribution < 1.29 is 4.74 Å². The second kappa shape index (κ2) is 6.93. The maximum atomic E-state index is 9.64. The third kappa shape index (κ3) is 3.02. The molecule has 6 heteroatoms. The summed E-state index contributed by atoms with van der Waals surface area (Å²) < 4.78 is 5.80. The van der Waals surface area contributed by atoms with E-state index in [1.807, 2.05) is 32.0 Å². The van der Waals surface area contributed by atoms with Crippen molar-refractivity contribution in [3.05, 3.63) is 46.3 Å². The molecule has 0 unspecified atom stereocenters. The van der Waals surface area contributed by atoms with Gasteiger partial charge in [-0.3, -0.25) is 5.10 Å². The van der Waals surface area contributed by atoms with Gasteiger partial charge in [0.05, 0.1) is 46.7 Å². The van der Waals surface area contributed by atoms with Gasteiger partial charge in [0.1, 0.15) is 0 Å². The molecule has 0 spiro atoms. The van der Waals surface area contributed by atoms with Gasteiger partial charge in [-0.1, -0.05) is 19.9 Å². The fourth-order valence-electron chi connectivity index (χ4n) is 3.17. The molecule has 2 N–H and O–H groups in total. The maximum Gasteiger partial charge on any atom is 0.240 e. The summed E-state index contributed by atoms with van der Waals surface area (Å²) in [5, 5.41) is 30.5. The van der Waals surface area contributed by atoms with Crippen LogP contribution in [0.5, 0.6) is 5.88 Å². The highest BCUT2D eigenvalue weighted by Gasteiger charge is 2.29. The minimum absolute atomic E-state index is 0.386. The number of nitrogens with one attached hydrogen (secondary N) is 2. The molecule has 1 aromatic carbocycles. The Morgan fingerprint density at radius 3 is 2.38 bits per heavy atom. The van der Waals surface area contributed by atoms with Gasteiger partial charge in [0, 0.05) is 11.4 Å². The first-order valence-corrected chi connectivity index (χ1v) is 8.55. The molecule has 0 fully saturated rings. The SMILES string of the molecule is CC1=C(C#N)C(c2ccc3[nH]nc(OCC(C)C)c3c2)C(C#N)=C(C)N1. The van der Waals surface area contributed by atoms with Crippen LogP contribution in [-0.2, 0) is 0 Å². The van der Waals surface area contributed by atoms with Gasteiger partial charge in [-0.05, 0) is 37.5 Å². The first-order chi connectivity index (χ1) is 12.5. The Balaban J connectivity index is 2.11. The Morgan fingerprint density at radius 2 is 1.81 bits per heavy atom. The van der Waals surface area contributed by atoms with Crippen LogP contribution in [0.1, 0.15) is 39.2 Å². The van der Waals surface area contributed by atoms with Crippen molar-refractivity contribution in [2.24, 2.45) is 5.92 Å². The predicted molar refractivity (Wildman–Crippen MR) is 98.9 cm³/mol. The molecule has 0 saturated heterocycles. The number of hydrogen-bond acceptors (Lipinski definition) is 5. The topological polar surface area (TPSA) is 97.5 Å². The Kier molecular flexibility index (Phi) is 4.69. The smallest absolute Gasteiger partial charge is 0.240 e. The molecule has 1 aliphatic heterocycles. The van der Waals surface area contributed by atoms with E-state index in [2.05, 4.69) is 41.5 Å². The summed E-state index contributed by atoms with van der Waals surface area (Å²) in [5.41, 5.74) is 4.40. The van der Waals surface area contributed by atoms with Crippen LogP contribution in [0.2, 0.25) is 0 Å². The van der Waals surface area contributed by atoms with Crippen LogP contribution in [0.15, 0.2) is 40.7 Å². The Morgan fingerprint density at radius 1 is 1.15 bits per heavy atom. The van der Waals surface area contributed by atoms with Crippen LogP contribution in [0.25, 0.3) is 10.9 Å². The van der Waals surface area contributed by atoms with E-state index in [0.717, 1.165) is 27.9 Å². The quantitative estimate of drug-likeness (QED) is 0.874. The van der Waals surface area contributed by atoms with Crippen LogP contribution < -0.4 is 10.1 Å². The highest BCUT2D eigenvalue weighted by Crippen LogP contribution is 2.39. The summed E-state index contributed by atoms with van der Waals surface area (Å²) in [6, 6.07) is 10.3. The highest BCUT2D eigenvalue weighted by molar-refractivity contribution is 5.85. The molecule has 0 atom stereocenters. The number of nitrogens with zero attached hydrogens (tertiary/aromatic N) is 3. The van der Waals surface area contributed by atoms with Gasteiger partial charge in [0.2, 0.25) is 5.88 Å². The van der Waals surface area contributed by atoms with E-state index < -0.39 is 0 Å². The van der Waals surface area contributed by atoms with Crippen LogP contribution >= 0.6 is 0 Å². The largest absolute Gasteiger partial charge is 0.476 e. The zero-order valence-corrected chi connectivity index (χ0v) is 15.3. The Bertz CT molecular complexity index is 961. The molecule has 0 saturated carbocycles. The molecule has 2 heterocycles. The van der Waals surface area contributed by atoms with Crippen molar-refractivity contribution >= 4 is 10.9 Å². The number of hydrogen-bond donors (Lipinski definition) is 2. The van der Waals surface area contributed by atoms with E-state index in [1.54, 1.807) is 0 Å². The molecule has 1 aromatic heterocycles. The van der Waals surface area contributed by atoms with Crippen molar-refractivity contribution in [3.8, 4) is 18.0 Å². The van der Waals surface area contributed by atoms with Crippen molar-refractivity contribution in [1.82, 2.24) is 15.5 Å². The molecule has 2 aromatic rings. The zero-order chi connectivity index (χ0) is 18.8. The normalized spacial score (nSPS) is 15.2. The number of benzene rings is 1. The number of dihydropyridines is 1. The molecule has 0 amide bonds. The van der Waals surface area contributed by atoms with Gasteiger partial charge in [-0.2, -0.15) is 10.5 Å². The first-order valence-electron chi connectivity index (χ1n) is 8.55. The standard InChI is InChI=1S/C20H21N5O/c1-11(2)10-26-20-15-7-14(5-6-18(15)24-25-20)19-16(8-21)12(3)23-13(4)17(19)9-22/h5-7,11,19,23H,10H2,1-4H3,(H,24,25). The number of allylic oxidation sites excluding steroid dienone is 4. The van der Waals surface area contributed by atoms with Gasteiger partial charge in [-0.15, -0.1) is 5.10 Å². The van der Waals surface area contributed by atoms with Gasteiger partial charge < -0.3 is 10.1 Å². The Hall–Kier alpha value is -3.25. The van der Waals surface area contributed by atoms with Crippen molar-refractivity contribution in [2.45, 2.75) is 33.6 Å². The summed E-state index contributed by atoms with van der Waals surface area (Å²) in [5.74, 6) is 0.548. The lowest BCUT2D eigenvalue weighted by molar-refractivity contribution is 0.264. The average Bonchev–Trinajstić information content (AvgIpc) is 3.01. The molecule has 0 radical (unpaired) electrons. The Labute approximate surface area is 152 Å². The van der Waals surface area contributed by atoms with Crippen molar-refractivity contribution in [3.63, 3.8) is 0 Å².